The maximum Gasteiger partial charge on any atom is 0.270 e. The van der Waals surface area contributed by atoms with Crippen molar-refractivity contribution in [2.45, 2.75) is 89.8 Å². The molecule has 250 valence electrons. The molecule has 12 heteroatoms. The zero-order valence-corrected chi connectivity index (χ0v) is 27.1. The average Bonchev–Trinajstić information content (AvgIpc) is 3.81. The lowest BCUT2D eigenvalue weighted by Gasteiger charge is -2.34. The third-order valence-electron chi connectivity index (χ3n) is 9.52. The van der Waals surface area contributed by atoms with Crippen LogP contribution in [0.1, 0.15) is 80.8 Å². The van der Waals surface area contributed by atoms with Gasteiger partial charge in [0.05, 0.1) is 5.69 Å². The van der Waals surface area contributed by atoms with E-state index >= 15 is 4.39 Å². The van der Waals surface area contributed by atoms with Crippen molar-refractivity contribution < 1.29 is 23.6 Å². The monoisotopic (exact) mass is 637 g/mol. The van der Waals surface area contributed by atoms with Crippen LogP contribution in [0.5, 0.6) is 0 Å². The van der Waals surface area contributed by atoms with Crippen molar-refractivity contribution in [3.63, 3.8) is 0 Å². The van der Waals surface area contributed by atoms with Crippen LogP contribution in [0.15, 0.2) is 30.5 Å². The molecule has 11 nitrogen and oxygen atoms in total. The lowest BCUT2D eigenvalue weighted by Crippen LogP contribution is -2.54. The molecule has 0 unspecified atom stereocenters. The molecule has 2 aromatic rings. The van der Waals surface area contributed by atoms with Gasteiger partial charge in [-0.05, 0) is 68.3 Å². The second kappa shape index (κ2) is 15.7. The Morgan fingerprint density at radius 2 is 1.67 bits per heavy atom. The van der Waals surface area contributed by atoms with Crippen LogP contribution in [-0.4, -0.2) is 88.5 Å². The van der Waals surface area contributed by atoms with Gasteiger partial charge in [-0.3, -0.25) is 23.9 Å². The van der Waals surface area contributed by atoms with Crippen LogP contribution in [-0.2, 0) is 27.3 Å². The van der Waals surface area contributed by atoms with Gasteiger partial charge in [-0.15, -0.1) is 0 Å². The molecular formula is C34H48FN7O4. The van der Waals surface area contributed by atoms with Crippen molar-refractivity contribution in [2.24, 2.45) is 11.8 Å². The van der Waals surface area contributed by atoms with Crippen LogP contribution in [0.4, 0.5) is 10.1 Å². The van der Waals surface area contributed by atoms with E-state index in [9.17, 15) is 19.2 Å². The largest absolute Gasteiger partial charge is 0.344 e. The van der Waals surface area contributed by atoms with E-state index in [1.165, 1.54) is 12.1 Å². The lowest BCUT2D eigenvalue weighted by atomic mass is 9.91. The van der Waals surface area contributed by atoms with Crippen LogP contribution in [0.3, 0.4) is 0 Å². The molecule has 2 saturated carbocycles. The van der Waals surface area contributed by atoms with Crippen LogP contribution >= 0.6 is 0 Å². The molecule has 0 radical (unpaired) electrons. The summed E-state index contributed by atoms with van der Waals surface area (Å²) in [6.07, 6.45) is 9.90. The Kier molecular flexibility index (Phi) is 11.4. The van der Waals surface area contributed by atoms with Gasteiger partial charge in [0, 0.05) is 51.8 Å². The third-order valence-corrected chi connectivity index (χ3v) is 9.52. The van der Waals surface area contributed by atoms with E-state index < -0.39 is 23.8 Å². The first kappa shape index (κ1) is 33.6. The minimum absolute atomic E-state index is 0.0000610. The summed E-state index contributed by atoms with van der Waals surface area (Å²) in [6, 6.07) is 4.47. The van der Waals surface area contributed by atoms with E-state index in [2.05, 4.69) is 25.9 Å². The molecule has 1 aromatic heterocycles. The molecule has 3 aliphatic rings. The number of aromatic nitrogens is 2. The highest BCUT2D eigenvalue weighted by atomic mass is 19.1. The van der Waals surface area contributed by atoms with Crippen molar-refractivity contribution >= 4 is 29.3 Å². The summed E-state index contributed by atoms with van der Waals surface area (Å²) >= 11 is 0. The van der Waals surface area contributed by atoms with E-state index in [4.69, 9.17) is 0 Å². The number of rotatable bonds is 12. The fourth-order valence-electron chi connectivity index (χ4n) is 6.45. The van der Waals surface area contributed by atoms with Gasteiger partial charge in [0.2, 0.25) is 17.7 Å². The van der Waals surface area contributed by atoms with Crippen LogP contribution < -0.4 is 16.0 Å². The van der Waals surface area contributed by atoms with Gasteiger partial charge in [-0.1, -0.05) is 38.7 Å². The molecule has 3 N–H and O–H groups in total. The Bertz CT molecular complexity index is 1380. The highest BCUT2D eigenvalue weighted by Gasteiger charge is 2.33. The van der Waals surface area contributed by atoms with Gasteiger partial charge in [-0.2, -0.15) is 5.10 Å². The maximum atomic E-state index is 15.5. The summed E-state index contributed by atoms with van der Waals surface area (Å²) in [4.78, 5) is 56.7. The summed E-state index contributed by atoms with van der Waals surface area (Å²) in [5.41, 5.74) is 0.946. The number of benzene rings is 1. The highest BCUT2D eigenvalue weighted by Crippen LogP contribution is 2.31. The molecule has 1 aliphatic heterocycles. The topological polar surface area (TPSA) is 129 Å². The Morgan fingerprint density at radius 3 is 2.33 bits per heavy atom. The van der Waals surface area contributed by atoms with Crippen LogP contribution in [0.25, 0.3) is 0 Å². The second-order valence-corrected chi connectivity index (χ2v) is 13.2. The third kappa shape index (κ3) is 8.92. The van der Waals surface area contributed by atoms with Gasteiger partial charge in [0.15, 0.2) is 0 Å². The zero-order chi connectivity index (χ0) is 32.6. The molecule has 5 rings (SSSR count). The van der Waals surface area contributed by atoms with Crippen molar-refractivity contribution in [1.29, 1.82) is 0 Å². The number of nitrogens with zero attached hydrogens (tertiary/aromatic N) is 4. The van der Waals surface area contributed by atoms with E-state index in [0.717, 1.165) is 64.5 Å². The molecule has 2 heterocycles. The molecule has 0 spiro atoms. The quantitative estimate of drug-likeness (QED) is 0.307. The van der Waals surface area contributed by atoms with E-state index in [-0.39, 0.29) is 42.2 Å². The van der Waals surface area contributed by atoms with Crippen molar-refractivity contribution in [1.82, 2.24) is 30.2 Å². The maximum absolute atomic E-state index is 15.5. The van der Waals surface area contributed by atoms with Gasteiger partial charge in [0.1, 0.15) is 23.6 Å². The highest BCUT2D eigenvalue weighted by molar-refractivity contribution is 6.00. The number of carbonyl (C=O) groups excluding carboxylic acids is 4. The molecule has 1 aromatic carbocycles. The van der Waals surface area contributed by atoms with Crippen LogP contribution in [0.2, 0.25) is 0 Å². The summed E-state index contributed by atoms with van der Waals surface area (Å²) in [5, 5.41) is 12.8. The molecular weight excluding hydrogens is 589 g/mol. The van der Waals surface area contributed by atoms with E-state index in [1.54, 1.807) is 34.8 Å². The number of likely N-dealkylation sites (N-methyl/N-ethyl adjacent to an activating group) is 1. The summed E-state index contributed by atoms with van der Waals surface area (Å²) in [5.74, 6) is -1.44. The predicted octanol–water partition coefficient (Wildman–Crippen LogP) is 3.35. The van der Waals surface area contributed by atoms with Crippen LogP contribution in [0, 0.1) is 17.7 Å². The second-order valence-electron chi connectivity index (χ2n) is 13.2. The number of hydrogen-bond donors (Lipinski definition) is 3. The van der Waals surface area contributed by atoms with Crippen molar-refractivity contribution in [2.75, 3.05) is 38.5 Å². The smallest absolute Gasteiger partial charge is 0.270 e. The molecule has 2 atom stereocenters. The summed E-state index contributed by atoms with van der Waals surface area (Å²) in [7, 11) is 2.00. The fraction of sp³-hybridized carbons (Fsp3) is 0.618. The lowest BCUT2D eigenvalue weighted by molar-refractivity contribution is -0.137. The van der Waals surface area contributed by atoms with Gasteiger partial charge < -0.3 is 25.8 Å². The normalized spacial score (nSPS) is 19.2. The number of halogens is 1. The van der Waals surface area contributed by atoms with Crippen molar-refractivity contribution in [3.05, 3.63) is 47.5 Å². The first-order valence-corrected chi connectivity index (χ1v) is 16.9. The number of anilines is 1. The molecule has 2 aliphatic carbocycles. The molecule has 0 bridgehead atoms. The minimum atomic E-state index is -0.830. The van der Waals surface area contributed by atoms with Gasteiger partial charge >= 0.3 is 0 Å². The average molecular weight is 638 g/mol. The molecule has 46 heavy (non-hydrogen) atoms. The minimum Gasteiger partial charge on any atom is -0.344 e. The van der Waals surface area contributed by atoms with E-state index in [1.807, 2.05) is 7.05 Å². The number of hydrogen-bond acceptors (Lipinski definition) is 6. The Hall–Kier alpha value is -3.80. The number of nitrogens with one attached hydrogen (secondary N) is 3. The number of carbonyl (C=O) groups is 4. The van der Waals surface area contributed by atoms with E-state index in [0.29, 0.717) is 36.8 Å². The Labute approximate surface area is 270 Å². The number of piperazine rings is 1. The van der Waals surface area contributed by atoms with Gasteiger partial charge in [-0.25, -0.2) is 4.39 Å². The molecule has 4 amide bonds. The number of amides is 4. The first-order chi connectivity index (χ1) is 22.2. The SMILES string of the molecule is CCC(=O)N[C@H](Cc1ccc(NC(=O)[C@@H](NC(=O)c2ccnn2CC2CC2)C2CCCCCC2)c(F)c1)C(=O)N1CCN(C)CC1. The Morgan fingerprint density at radius 1 is 0.957 bits per heavy atom. The predicted molar refractivity (Wildman–Crippen MR) is 172 cm³/mol. The molecule has 3 fully saturated rings. The zero-order valence-electron chi connectivity index (χ0n) is 27.1. The fourth-order valence-corrected chi connectivity index (χ4v) is 6.45. The molecule has 1 saturated heterocycles. The first-order valence-electron chi connectivity index (χ1n) is 16.9. The summed E-state index contributed by atoms with van der Waals surface area (Å²) < 4.78 is 17.2. The Balaban J connectivity index is 1.28. The van der Waals surface area contributed by atoms with Crippen molar-refractivity contribution in [3.8, 4) is 0 Å². The standard InChI is InChI=1S/C34H48FN7O4/c1-3-30(43)37-28(34(46)41-18-16-40(2)17-19-41)21-24-12-13-27(26(35)20-24)38-33(45)31(25-8-6-4-5-7-9-25)39-32(44)29-14-15-36-42(29)22-23-10-11-23/h12-15,20,23,25,28,31H,3-11,16-19,21-22H2,1-2H3,(H,37,43)(H,38,45)(H,39,44)/t28-,31+/m1/s1. The van der Waals surface area contributed by atoms with Gasteiger partial charge in [0.25, 0.3) is 5.91 Å². The summed E-state index contributed by atoms with van der Waals surface area (Å²) in [6.45, 7) is 5.02.